The van der Waals surface area contributed by atoms with Crippen LogP contribution in [0.1, 0.15) is 24.0 Å². The highest BCUT2D eigenvalue weighted by atomic mass is 32.1. The quantitative estimate of drug-likeness (QED) is 0.746. The molecule has 1 unspecified atom stereocenters. The lowest BCUT2D eigenvalue weighted by Gasteiger charge is -2.42. The SMILES string of the molecule is O=C(NC1CCCN[C@]1(S)c1ccccc1)OCc1ccccc1. The van der Waals surface area contributed by atoms with Crippen molar-refractivity contribution < 1.29 is 9.53 Å². The molecule has 1 aliphatic rings. The lowest BCUT2D eigenvalue weighted by atomic mass is 9.91. The Morgan fingerprint density at radius 1 is 1.17 bits per heavy atom. The Balaban J connectivity index is 1.64. The summed E-state index contributed by atoms with van der Waals surface area (Å²) in [7, 11) is 0. The van der Waals surface area contributed by atoms with Crippen molar-refractivity contribution >= 4 is 18.7 Å². The van der Waals surface area contributed by atoms with Crippen molar-refractivity contribution in [2.75, 3.05) is 6.54 Å². The van der Waals surface area contributed by atoms with Gasteiger partial charge >= 0.3 is 6.09 Å². The average molecular weight is 342 g/mol. The first-order valence-electron chi connectivity index (χ1n) is 8.18. The number of hydrogen-bond donors (Lipinski definition) is 3. The smallest absolute Gasteiger partial charge is 0.407 e. The molecule has 3 rings (SSSR count). The van der Waals surface area contributed by atoms with E-state index >= 15 is 0 Å². The fourth-order valence-electron chi connectivity index (χ4n) is 3.00. The number of rotatable bonds is 4. The van der Waals surface area contributed by atoms with Crippen LogP contribution in [0.2, 0.25) is 0 Å². The third kappa shape index (κ3) is 3.91. The van der Waals surface area contributed by atoms with E-state index in [4.69, 9.17) is 17.4 Å². The second-order valence-electron chi connectivity index (χ2n) is 5.96. The number of ether oxygens (including phenoxy) is 1. The van der Waals surface area contributed by atoms with E-state index < -0.39 is 11.0 Å². The van der Waals surface area contributed by atoms with Gasteiger partial charge in [0.1, 0.15) is 11.5 Å². The molecular formula is C19H22N2O2S. The van der Waals surface area contributed by atoms with Gasteiger partial charge in [-0.1, -0.05) is 60.7 Å². The number of amides is 1. The van der Waals surface area contributed by atoms with Gasteiger partial charge in [0, 0.05) is 0 Å². The normalized spacial score (nSPS) is 23.5. The predicted octanol–water partition coefficient (Wildman–Crippen LogP) is 3.45. The molecule has 0 saturated carbocycles. The number of carbonyl (C=O) groups excluding carboxylic acids is 1. The second-order valence-corrected chi connectivity index (χ2v) is 6.67. The van der Waals surface area contributed by atoms with Gasteiger partial charge < -0.3 is 10.1 Å². The van der Waals surface area contributed by atoms with E-state index in [9.17, 15) is 4.79 Å². The average Bonchev–Trinajstić information content (AvgIpc) is 2.64. The van der Waals surface area contributed by atoms with Gasteiger partial charge in [0.25, 0.3) is 0 Å². The zero-order valence-electron chi connectivity index (χ0n) is 13.4. The molecule has 2 atom stereocenters. The molecule has 24 heavy (non-hydrogen) atoms. The van der Waals surface area contributed by atoms with Crippen LogP contribution in [0.4, 0.5) is 4.79 Å². The third-order valence-corrected chi connectivity index (χ3v) is 5.02. The first-order valence-corrected chi connectivity index (χ1v) is 8.63. The molecule has 2 aromatic rings. The molecule has 126 valence electrons. The number of carbonyl (C=O) groups is 1. The molecule has 0 bridgehead atoms. The van der Waals surface area contributed by atoms with E-state index in [1.807, 2.05) is 60.7 Å². The third-order valence-electron chi connectivity index (χ3n) is 4.29. The Morgan fingerprint density at radius 2 is 1.83 bits per heavy atom. The molecule has 1 heterocycles. The zero-order valence-corrected chi connectivity index (χ0v) is 14.3. The Bertz CT molecular complexity index is 666. The lowest BCUT2D eigenvalue weighted by Crippen LogP contribution is -2.58. The van der Waals surface area contributed by atoms with Crippen LogP contribution in [0.25, 0.3) is 0 Å². The molecule has 4 nitrogen and oxygen atoms in total. The summed E-state index contributed by atoms with van der Waals surface area (Å²) in [6.45, 7) is 1.13. The van der Waals surface area contributed by atoms with Gasteiger partial charge in [0.2, 0.25) is 0 Å². The molecule has 1 fully saturated rings. The summed E-state index contributed by atoms with van der Waals surface area (Å²) in [4.78, 5) is 11.6. The molecule has 0 aromatic heterocycles. The Morgan fingerprint density at radius 3 is 2.54 bits per heavy atom. The summed E-state index contributed by atoms with van der Waals surface area (Å²) in [5.74, 6) is 0. The number of nitrogens with one attached hydrogen (secondary N) is 2. The highest BCUT2D eigenvalue weighted by Crippen LogP contribution is 2.34. The van der Waals surface area contributed by atoms with Crippen molar-refractivity contribution in [2.45, 2.75) is 30.4 Å². The van der Waals surface area contributed by atoms with Crippen molar-refractivity contribution in [1.82, 2.24) is 10.6 Å². The second kappa shape index (κ2) is 7.73. The van der Waals surface area contributed by atoms with Crippen LogP contribution in [0.3, 0.4) is 0 Å². The van der Waals surface area contributed by atoms with E-state index in [1.165, 1.54) is 0 Å². The fourth-order valence-corrected chi connectivity index (χ4v) is 3.45. The van der Waals surface area contributed by atoms with Crippen LogP contribution < -0.4 is 10.6 Å². The molecule has 2 N–H and O–H groups in total. The van der Waals surface area contributed by atoms with Crippen molar-refractivity contribution in [1.29, 1.82) is 0 Å². The van der Waals surface area contributed by atoms with E-state index in [0.29, 0.717) is 0 Å². The summed E-state index contributed by atoms with van der Waals surface area (Å²) in [5.41, 5.74) is 2.01. The molecule has 2 aromatic carbocycles. The number of alkyl carbamates (subject to hydrolysis) is 1. The first kappa shape index (κ1) is 16.9. The van der Waals surface area contributed by atoms with Crippen molar-refractivity contribution in [3.8, 4) is 0 Å². The fraction of sp³-hybridized carbons (Fsp3) is 0.316. The number of piperidine rings is 1. The molecule has 1 aliphatic heterocycles. The molecule has 1 amide bonds. The Labute approximate surface area is 148 Å². The highest BCUT2D eigenvalue weighted by Gasteiger charge is 2.40. The van der Waals surface area contributed by atoms with Crippen LogP contribution in [-0.4, -0.2) is 18.7 Å². The van der Waals surface area contributed by atoms with E-state index in [0.717, 1.165) is 30.5 Å². The maximum atomic E-state index is 12.2. The van der Waals surface area contributed by atoms with Crippen LogP contribution in [0.15, 0.2) is 60.7 Å². The van der Waals surface area contributed by atoms with Crippen LogP contribution in [0.5, 0.6) is 0 Å². The summed E-state index contributed by atoms with van der Waals surface area (Å²) in [6, 6.07) is 19.5. The highest BCUT2D eigenvalue weighted by molar-refractivity contribution is 7.81. The number of hydrogen-bond acceptors (Lipinski definition) is 4. The predicted molar refractivity (Wildman–Crippen MR) is 97.9 cm³/mol. The van der Waals surface area contributed by atoms with Crippen LogP contribution >= 0.6 is 12.6 Å². The van der Waals surface area contributed by atoms with E-state index in [-0.39, 0.29) is 12.6 Å². The monoisotopic (exact) mass is 342 g/mol. The van der Waals surface area contributed by atoms with Crippen LogP contribution in [0, 0.1) is 0 Å². The summed E-state index contributed by atoms with van der Waals surface area (Å²) in [5, 5.41) is 6.41. The van der Waals surface area contributed by atoms with E-state index in [2.05, 4.69) is 10.6 Å². The van der Waals surface area contributed by atoms with Gasteiger partial charge in [-0.3, -0.25) is 5.32 Å². The molecular weight excluding hydrogens is 320 g/mol. The molecule has 5 heteroatoms. The van der Waals surface area contributed by atoms with Gasteiger partial charge in [0.15, 0.2) is 0 Å². The van der Waals surface area contributed by atoms with Crippen molar-refractivity contribution in [2.24, 2.45) is 0 Å². The molecule has 0 aliphatic carbocycles. The van der Waals surface area contributed by atoms with Gasteiger partial charge in [-0.2, -0.15) is 12.6 Å². The minimum absolute atomic E-state index is 0.139. The minimum Gasteiger partial charge on any atom is -0.445 e. The zero-order chi connectivity index (χ0) is 16.8. The maximum absolute atomic E-state index is 12.2. The lowest BCUT2D eigenvalue weighted by molar-refractivity contribution is 0.128. The maximum Gasteiger partial charge on any atom is 0.407 e. The molecule has 1 saturated heterocycles. The largest absolute Gasteiger partial charge is 0.445 e. The van der Waals surface area contributed by atoms with Gasteiger partial charge in [-0.25, -0.2) is 4.79 Å². The van der Waals surface area contributed by atoms with Gasteiger partial charge in [-0.15, -0.1) is 0 Å². The standard InChI is InChI=1S/C19H22N2O2S/c22-18(23-14-15-8-3-1-4-9-15)21-17-12-7-13-20-19(17,24)16-10-5-2-6-11-16/h1-6,8-11,17,20,24H,7,12-14H2,(H,21,22)/t17?,19-/m0/s1. The van der Waals surface area contributed by atoms with Gasteiger partial charge in [-0.05, 0) is 30.5 Å². The first-order chi connectivity index (χ1) is 11.7. The van der Waals surface area contributed by atoms with Crippen LogP contribution in [-0.2, 0) is 16.2 Å². The van der Waals surface area contributed by atoms with Gasteiger partial charge in [0.05, 0.1) is 6.04 Å². The Kier molecular flexibility index (Phi) is 5.43. The summed E-state index contributed by atoms with van der Waals surface area (Å²) >= 11 is 4.87. The Hall–Kier alpha value is -1.98. The van der Waals surface area contributed by atoms with Crippen molar-refractivity contribution in [3.05, 3.63) is 71.8 Å². The molecule has 0 spiro atoms. The minimum atomic E-state index is -0.592. The summed E-state index contributed by atoms with van der Waals surface area (Å²) in [6.07, 6.45) is 1.42. The molecule has 0 radical (unpaired) electrons. The summed E-state index contributed by atoms with van der Waals surface area (Å²) < 4.78 is 5.35. The van der Waals surface area contributed by atoms with E-state index in [1.54, 1.807) is 0 Å². The van der Waals surface area contributed by atoms with Crippen molar-refractivity contribution in [3.63, 3.8) is 0 Å². The number of thiol groups is 1. The topological polar surface area (TPSA) is 50.4 Å². The number of benzene rings is 2.